The monoisotopic (exact) mass is 387 g/mol. The van der Waals surface area contributed by atoms with Crippen molar-refractivity contribution in [3.8, 4) is 0 Å². The van der Waals surface area contributed by atoms with Crippen molar-refractivity contribution in [2.75, 3.05) is 5.75 Å². The quantitative estimate of drug-likeness (QED) is 0.734. The number of imidazole rings is 1. The smallest absolute Gasteiger partial charge is 0.353 e. The highest BCUT2D eigenvalue weighted by Crippen LogP contribution is 2.50. The van der Waals surface area contributed by atoms with Gasteiger partial charge in [0.1, 0.15) is 5.70 Å². The lowest BCUT2D eigenvalue weighted by Crippen LogP contribution is -2.63. The fourth-order valence-electron chi connectivity index (χ4n) is 4.17. The van der Waals surface area contributed by atoms with Gasteiger partial charge in [0.05, 0.1) is 35.6 Å². The summed E-state index contributed by atoms with van der Waals surface area (Å²) >= 11 is 1.47. The van der Waals surface area contributed by atoms with Gasteiger partial charge in [0.25, 0.3) is 0 Å². The molecule has 8 heteroatoms. The highest BCUT2D eigenvalue weighted by molar-refractivity contribution is 8.03. The third kappa shape index (κ3) is 2.74. The lowest BCUT2D eigenvalue weighted by atomic mass is 9.79. The Kier molecular flexibility index (Phi) is 4.47. The zero-order valence-corrected chi connectivity index (χ0v) is 15.9. The molecule has 4 heterocycles. The van der Waals surface area contributed by atoms with Gasteiger partial charge in [0.15, 0.2) is 0 Å². The summed E-state index contributed by atoms with van der Waals surface area (Å²) in [5.74, 6) is -1.33. The molecule has 27 heavy (non-hydrogen) atoms. The van der Waals surface area contributed by atoms with Crippen molar-refractivity contribution in [2.45, 2.75) is 32.4 Å². The number of aromatic nitrogens is 2. The first kappa shape index (κ1) is 18.1. The van der Waals surface area contributed by atoms with Crippen LogP contribution in [0, 0.1) is 11.8 Å². The first-order valence-electron chi connectivity index (χ1n) is 8.93. The molecule has 2 aliphatic heterocycles. The van der Waals surface area contributed by atoms with Crippen LogP contribution in [-0.2, 0) is 16.0 Å². The Morgan fingerprint density at radius 2 is 2.19 bits per heavy atom. The highest BCUT2D eigenvalue weighted by Gasteiger charge is 2.59. The third-order valence-corrected chi connectivity index (χ3v) is 6.72. The second-order valence-electron chi connectivity index (χ2n) is 7.05. The molecule has 0 saturated carbocycles. The summed E-state index contributed by atoms with van der Waals surface area (Å²) < 4.78 is 1.96. The molecule has 3 unspecified atom stereocenters. The molecule has 7 nitrogen and oxygen atoms in total. The van der Waals surface area contributed by atoms with E-state index >= 15 is 0 Å². The van der Waals surface area contributed by atoms with Crippen molar-refractivity contribution < 1.29 is 19.8 Å². The number of carbonyl (C=O) groups is 2. The van der Waals surface area contributed by atoms with Crippen molar-refractivity contribution in [2.24, 2.45) is 11.8 Å². The number of aliphatic carboxylic acids is 1. The van der Waals surface area contributed by atoms with Gasteiger partial charge >= 0.3 is 5.97 Å². The van der Waals surface area contributed by atoms with Gasteiger partial charge in [-0.2, -0.15) is 0 Å². The molecule has 0 aliphatic carbocycles. The summed E-state index contributed by atoms with van der Waals surface area (Å²) in [5, 5.41) is 19.5. The standard InChI is InChI=1S/C19H21N3O4S/c1-10-15-14(11(2)23)18(24)22(15)16(19(25)26)17(10)27-8-6-12-13-5-3-4-7-21(13)9-20-12/h3-5,7,9-11,14-15,23H,6,8H2,1-2H3,(H,25,26)/t10-,11?,14?,15?/m1/s1. The number of hydrogen-bond donors (Lipinski definition) is 2. The second-order valence-corrected chi connectivity index (χ2v) is 8.19. The first-order chi connectivity index (χ1) is 12.9. The molecule has 0 spiro atoms. The summed E-state index contributed by atoms with van der Waals surface area (Å²) in [6.07, 6.45) is 3.63. The van der Waals surface area contributed by atoms with Crippen molar-refractivity contribution >= 4 is 29.2 Å². The van der Waals surface area contributed by atoms with Crippen LogP contribution in [0.1, 0.15) is 19.5 Å². The molecule has 1 saturated heterocycles. The van der Waals surface area contributed by atoms with Gasteiger partial charge in [-0.3, -0.25) is 4.79 Å². The van der Waals surface area contributed by atoms with Crippen LogP contribution in [0.3, 0.4) is 0 Å². The summed E-state index contributed by atoms with van der Waals surface area (Å²) in [6.45, 7) is 3.52. The van der Waals surface area contributed by atoms with E-state index < -0.39 is 18.0 Å². The summed E-state index contributed by atoms with van der Waals surface area (Å²) in [5.41, 5.74) is 2.08. The van der Waals surface area contributed by atoms with Crippen LogP contribution < -0.4 is 0 Å². The normalized spacial score (nSPS) is 25.7. The minimum absolute atomic E-state index is 0.0779. The SMILES string of the molecule is CC(O)C1C(=O)N2C(C(=O)O)=C(SCCc3ncn4ccccc34)[C@H](C)C12. The van der Waals surface area contributed by atoms with Gasteiger partial charge in [0, 0.05) is 29.2 Å². The van der Waals surface area contributed by atoms with Crippen LogP contribution >= 0.6 is 11.8 Å². The lowest BCUT2D eigenvalue weighted by molar-refractivity contribution is -0.163. The summed E-state index contributed by atoms with van der Waals surface area (Å²) in [4.78, 5) is 30.7. The van der Waals surface area contributed by atoms with Crippen LogP contribution in [0.2, 0.25) is 0 Å². The van der Waals surface area contributed by atoms with E-state index in [1.807, 2.05) is 35.7 Å². The van der Waals surface area contributed by atoms with Crippen molar-refractivity contribution in [3.05, 3.63) is 47.0 Å². The molecule has 2 aromatic heterocycles. The zero-order valence-electron chi connectivity index (χ0n) is 15.1. The number of amides is 1. The molecule has 2 aromatic rings. The number of aliphatic hydroxyl groups is 1. The minimum atomic E-state index is -1.09. The average Bonchev–Trinajstić information content (AvgIpc) is 3.13. The predicted molar refractivity (Wildman–Crippen MR) is 101 cm³/mol. The van der Waals surface area contributed by atoms with E-state index in [4.69, 9.17) is 0 Å². The van der Waals surface area contributed by atoms with Crippen molar-refractivity contribution in [1.29, 1.82) is 0 Å². The molecule has 2 N–H and O–H groups in total. The number of carboxylic acid groups (broad SMARTS) is 1. The Balaban J connectivity index is 1.52. The summed E-state index contributed by atoms with van der Waals surface area (Å²) in [7, 11) is 0. The largest absolute Gasteiger partial charge is 0.477 e. The van der Waals surface area contributed by atoms with E-state index in [1.54, 1.807) is 13.3 Å². The fraction of sp³-hybridized carbons (Fsp3) is 0.421. The van der Waals surface area contributed by atoms with E-state index in [0.717, 1.165) is 11.2 Å². The number of aryl methyl sites for hydroxylation is 1. The number of fused-ring (bicyclic) bond motifs is 2. The zero-order chi connectivity index (χ0) is 19.3. The Hall–Kier alpha value is -2.32. The van der Waals surface area contributed by atoms with Gasteiger partial charge in [0.2, 0.25) is 5.91 Å². The predicted octanol–water partition coefficient (Wildman–Crippen LogP) is 1.76. The molecule has 0 bridgehead atoms. The summed E-state index contributed by atoms with van der Waals surface area (Å²) in [6, 6.07) is 5.65. The maximum atomic E-state index is 12.3. The van der Waals surface area contributed by atoms with Gasteiger partial charge in [-0.15, -0.1) is 11.8 Å². The highest BCUT2D eigenvalue weighted by atomic mass is 32.2. The number of pyridine rings is 1. The van der Waals surface area contributed by atoms with Crippen LogP contribution in [0.25, 0.3) is 5.52 Å². The molecule has 4 rings (SSSR count). The van der Waals surface area contributed by atoms with Crippen LogP contribution in [-0.4, -0.2) is 54.3 Å². The second kappa shape index (κ2) is 6.69. The Bertz CT molecular complexity index is 951. The molecule has 2 aliphatic rings. The van der Waals surface area contributed by atoms with E-state index in [-0.39, 0.29) is 23.6 Å². The fourth-order valence-corrected chi connectivity index (χ4v) is 5.41. The Morgan fingerprint density at radius 3 is 2.89 bits per heavy atom. The molecule has 0 radical (unpaired) electrons. The number of rotatable bonds is 6. The molecule has 4 atom stereocenters. The van der Waals surface area contributed by atoms with E-state index in [9.17, 15) is 19.8 Å². The number of hydrogen-bond acceptors (Lipinski definition) is 5. The number of β-lactam (4-membered cyclic amide) rings is 1. The van der Waals surface area contributed by atoms with Gasteiger partial charge < -0.3 is 19.5 Å². The molecule has 0 aromatic carbocycles. The lowest BCUT2D eigenvalue weighted by Gasteiger charge is -2.46. The van der Waals surface area contributed by atoms with Crippen LogP contribution in [0.15, 0.2) is 41.3 Å². The Labute approximate surface area is 160 Å². The maximum Gasteiger partial charge on any atom is 0.353 e. The average molecular weight is 387 g/mol. The molecular weight excluding hydrogens is 366 g/mol. The van der Waals surface area contributed by atoms with E-state index in [2.05, 4.69) is 4.98 Å². The number of carboxylic acids is 1. The molecule has 1 amide bonds. The van der Waals surface area contributed by atoms with E-state index in [1.165, 1.54) is 16.7 Å². The minimum Gasteiger partial charge on any atom is -0.477 e. The van der Waals surface area contributed by atoms with Crippen molar-refractivity contribution in [3.63, 3.8) is 0 Å². The van der Waals surface area contributed by atoms with E-state index in [0.29, 0.717) is 17.1 Å². The maximum absolute atomic E-state index is 12.3. The first-order valence-corrected chi connectivity index (χ1v) is 9.92. The van der Waals surface area contributed by atoms with Crippen LogP contribution in [0.5, 0.6) is 0 Å². The topological polar surface area (TPSA) is 95.1 Å². The van der Waals surface area contributed by atoms with Gasteiger partial charge in [-0.1, -0.05) is 13.0 Å². The molecule has 142 valence electrons. The Morgan fingerprint density at radius 1 is 1.41 bits per heavy atom. The third-order valence-electron chi connectivity index (χ3n) is 5.43. The number of aliphatic hydroxyl groups excluding tert-OH is 1. The van der Waals surface area contributed by atoms with Gasteiger partial charge in [-0.25, -0.2) is 9.78 Å². The van der Waals surface area contributed by atoms with Crippen molar-refractivity contribution in [1.82, 2.24) is 14.3 Å². The number of thioether (sulfide) groups is 1. The molecular formula is C19H21N3O4S. The molecule has 1 fully saturated rings. The number of carbonyl (C=O) groups excluding carboxylic acids is 1. The number of nitrogens with zero attached hydrogens (tertiary/aromatic N) is 3. The van der Waals surface area contributed by atoms with Crippen LogP contribution in [0.4, 0.5) is 0 Å². The van der Waals surface area contributed by atoms with Gasteiger partial charge in [-0.05, 0) is 19.1 Å².